The highest BCUT2D eigenvalue weighted by Crippen LogP contribution is 2.31. The van der Waals surface area contributed by atoms with E-state index in [1.165, 1.54) is 0 Å². The van der Waals surface area contributed by atoms with E-state index in [0.717, 1.165) is 17.7 Å². The first-order valence-electron chi connectivity index (χ1n) is 7.18. The van der Waals surface area contributed by atoms with Crippen LogP contribution >= 0.6 is 0 Å². The quantitative estimate of drug-likeness (QED) is 0.821. The molecule has 0 aliphatic rings. The zero-order valence-electron chi connectivity index (χ0n) is 13.2. The second kappa shape index (κ2) is 7.50. The van der Waals surface area contributed by atoms with Crippen LogP contribution in [0.4, 0.5) is 5.69 Å². The zero-order chi connectivity index (χ0) is 15.9. The van der Waals surface area contributed by atoms with Gasteiger partial charge in [0.2, 0.25) is 5.91 Å². The molecule has 0 saturated carbocycles. The van der Waals surface area contributed by atoms with Gasteiger partial charge < -0.3 is 14.4 Å². The zero-order valence-corrected chi connectivity index (χ0v) is 13.2. The van der Waals surface area contributed by atoms with Crippen molar-refractivity contribution >= 4 is 11.6 Å². The molecule has 2 aromatic rings. The average molecular weight is 299 g/mol. The predicted octanol–water partition coefficient (Wildman–Crippen LogP) is 3.30. The number of nitrogens with zero attached hydrogens (tertiary/aromatic N) is 1. The molecule has 0 unspecified atom stereocenters. The molecule has 2 aromatic carbocycles. The van der Waals surface area contributed by atoms with Crippen molar-refractivity contribution in [2.45, 2.75) is 12.8 Å². The van der Waals surface area contributed by atoms with Crippen molar-refractivity contribution in [3.63, 3.8) is 0 Å². The number of methoxy groups -OCH3 is 2. The lowest BCUT2D eigenvalue weighted by atomic mass is 10.1. The lowest BCUT2D eigenvalue weighted by molar-refractivity contribution is -0.118. The minimum atomic E-state index is 0.0658. The topological polar surface area (TPSA) is 38.8 Å². The van der Waals surface area contributed by atoms with Gasteiger partial charge in [-0.15, -0.1) is 0 Å². The molecule has 0 radical (unpaired) electrons. The van der Waals surface area contributed by atoms with Crippen molar-refractivity contribution < 1.29 is 14.3 Å². The Morgan fingerprint density at radius 3 is 2.32 bits per heavy atom. The molecule has 0 N–H and O–H groups in total. The second-order valence-electron chi connectivity index (χ2n) is 4.98. The van der Waals surface area contributed by atoms with E-state index >= 15 is 0 Å². The molecule has 0 saturated heterocycles. The summed E-state index contributed by atoms with van der Waals surface area (Å²) in [5, 5.41) is 0. The average Bonchev–Trinajstić information content (AvgIpc) is 2.59. The number of anilines is 1. The highest BCUT2D eigenvalue weighted by molar-refractivity contribution is 5.93. The van der Waals surface area contributed by atoms with Crippen LogP contribution in [0.5, 0.6) is 11.5 Å². The van der Waals surface area contributed by atoms with Gasteiger partial charge in [0.15, 0.2) is 11.5 Å². The number of amides is 1. The maximum Gasteiger partial charge on any atom is 0.227 e. The molecule has 0 spiro atoms. The summed E-state index contributed by atoms with van der Waals surface area (Å²) in [5.74, 6) is 1.33. The highest BCUT2D eigenvalue weighted by Gasteiger charge is 2.13. The Labute approximate surface area is 131 Å². The van der Waals surface area contributed by atoms with Crippen LogP contribution in [0.2, 0.25) is 0 Å². The van der Waals surface area contributed by atoms with Gasteiger partial charge in [-0.1, -0.05) is 30.3 Å². The third kappa shape index (κ3) is 3.79. The van der Waals surface area contributed by atoms with Gasteiger partial charge in [0.25, 0.3) is 0 Å². The van der Waals surface area contributed by atoms with E-state index in [0.29, 0.717) is 17.9 Å². The molecule has 22 heavy (non-hydrogen) atoms. The summed E-state index contributed by atoms with van der Waals surface area (Å²) in [4.78, 5) is 14.0. The third-order valence-electron chi connectivity index (χ3n) is 3.60. The normalized spacial score (nSPS) is 10.1. The Morgan fingerprint density at radius 2 is 1.68 bits per heavy atom. The van der Waals surface area contributed by atoms with Crippen LogP contribution in [0.3, 0.4) is 0 Å². The van der Waals surface area contributed by atoms with Crippen LogP contribution < -0.4 is 14.4 Å². The summed E-state index contributed by atoms with van der Waals surface area (Å²) in [7, 11) is 4.94. The maximum atomic E-state index is 12.3. The number of hydrogen-bond donors (Lipinski definition) is 0. The fourth-order valence-corrected chi connectivity index (χ4v) is 2.24. The van der Waals surface area contributed by atoms with E-state index < -0.39 is 0 Å². The Hall–Kier alpha value is -2.49. The lowest BCUT2D eigenvalue weighted by Crippen LogP contribution is -2.26. The molecule has 1 amide bonds. The highest BCUT2D eigenvalue weighted by atomic mass is 16.5. The van der Waals surface area contributed by atoms with E-state index in [4.69, 9.17) is 9.47 Å². The van der Waals surface area contributed by atoms with Crippen LogP contribution in [0.15, 0.2) is 48.5 Å². The monoisotopic (exact) mass is 299 g/mol. The summed E-state index contributed by atoms with van der Waals surface area (Å²) < 4.78 is 10.5. The van der Waals surface area contributed by atoms with Gasteiger partial charge in [0.1, 0.15) is 0 Å². The van der Waals surface area contributed by atoms with Gasteiger partial charge in [0.05, 0.1) is 14.2 Å². The van der Waals surface area contributed by atoms with Gasteiger partial charge in [-0.05, 0) is 24.1 Å². The number of ether oxygens (including phenoxy) is 2. The summed E-state index contributed by atoms with van der Waals surface area (Å²) in [5.41, 5.74) is 1.95. The standard InChI is InChI=1S/C18H21NO3/c1-19(15-10-11-16(21-2)17(13-15)22-3)18(20)12-9-14-7-5-4-6-8-14/h4-8,10-11,13H,9,12H2,1-3H3. The third-order valence-corrected chi connectivity index (χ3v) is 3.60. The Morgan fingerprint density at radius 1 is 1.00 bits per heavy atom. The van der Waals surface area contributed by atoms with Crippen molar-refractivity contribution in [1.82, 2.24) is 0 Å². The van der Waals surface area contributed by atoms with Gasteiger partial charge >= 0.3 is 0 Å². The van der Waals surface area contributed by atoms with Crippen LogP contribution in [0.25, 0.3) is 0 Å². The summed E-state index contributed by atoms with van der Waals surface area (Å²) >= 11 is 0. The molecule has 4 heteroatoms. The number of carbonyl (C=O) groups is 1. The second-order valence-corrected chi connectivity index (χ2v) is 4.98. The molecule has 4 nitrogen and oxygen atoms in total. The van der Waals surface area contributed by atoms with E-state index in [1.54, 1.807) is 38.3 Å². The molecule has 116 valence electrons. The van der Waals surface area contributed by atoms with Crippen LogP contribution in [0.1, 0.15) is 12.0 Å². The number of carbonyl (C=O) groups excluding carboxylic acids is 1. The lowest BCUT2D eigenvalue weighted by Gasteiger charge is -2.19. The molecule has 0 fully saturated rings. The van der Waals surface area contributed by atoms with E-state index in [1.807, 2.05) is 36.4 Å². The van der Waals surface area contributed by atoms with Crippen LogP contribution in [-0.4, -0.2) is 27.2 Å². The van der Waals surface area contributed by atoms with Crippen molar-refractivity contribution in [2.24, 2.45) is 0 Å². The molecular formula is C18H21NO3. The first-order valence-corrected chi connectivity index (χ1v) is 7.18. The van der Waals surface area contributed by atoms with E-state index in [9.17, 15) is 4.79 Å². The minimum Gasteiger partial charge on any atom is -0.493 e. The molecule has 0 aliphatic carbocycles. The van der Waals surface area contributed by atoms with Crippen LogP contribution in [0, 0.1) is 0 Å². The number of benzene rings is 2. The number of hydrogen-bond acceptors (Lipinski definition) is 3. The minimum absolute atomic E-state index is 0.0658. The molecule has 0 atom stereocenters. The van der Waals surface area contributed by atoms with Crippen LogP contribution in [-0.2, 0) is 11.2 Å². The first kappa shape index (κ1) is 15.9. The van der Waals surface area contributed by atoms with E-state index in [2.05, 4.69) is 0 Å². The van der Waals surface area contributed by atoms with Crippen molar-refractivity contribution in [3.8, 4) is 11.5 Å². The van der Waals surface area contributed by atoms with Crippen molar-refractivity contribution in [3.05, 3.63) is 54.1 Å². The van der Waals surface area contributed by atoms with E-state index in [-0.39, 0.29) is 5.91 Å². The fourth-order valence-electron chi connectivity index (χ4n) is 2.24. The van der Waals surface area contributed by atoms with Gasteiger partial charge in [-0.2, -0.15) is 0 Å². The van der Waals surface area contributed by atoms with Crippen molar-refractivity contribution in [2.75, 3.05) is 26.2 Å². The number of rotatable bonds is 6. The Balaban J connectivity index is 2.04. The maximum absolute atomic E-state index is 12.3. The van der Waals surface area contributed by atoms with Gasteiger partial charge in [0, 0.05) is 25.2 Å². The van der Waals surface area contributed by atoms with Gasteiger partial charge in [-0.3, -0.25) is 4.79 Å². The summed E-state index contributed by atoms with van der Waals surface area (Å²) in [6.45, 7) is 0. The first-order chi connectivity index (χ1) is 10.7. The largest absolute Gasteiger partial charge is 0.493 e. The smallest absolute Gasteiger partial charge is 0.227 e. The summed E-state index contributed by atoms with van der Waals surface area (Å²) in [6.07, 6.45) is 1.20. The molecular weight excluding hydrogens is 278 g/mol. The molecule has 2 rings (SSSR count). The molecule has 0 aromatic heterocycles. The Bertz CT molecular complexity index is 625. The van der Waals surface area contributed by atoms with Gasteiger partial charge in [-0.25, -0.2) is 0 Å². The molecule has 0 aliphatic heterocycles. The summed E-state index contributed by atoms with van der Waals surface area (Å²) in [6, 6.07) is 15.5. The predicted molar refractivity (Wildman–Crippen MR) is 87.7 cm³/mol. The molecule has 0 heterocycles. The van der Waals surface area contributed by atoms with Crippen molar-refractivity contribution in [1.29, 1.82) is 0 Å². The number of aryl methyl sites for hydroxylation is 1. The SMILES string of the molecule is COc1ccc(N(C)C(=O)CCc2ccccc2)cc1OC. The fraction of sp³-hybridized carbons (Fsp3) is 0.278. The molecule has 0 bridgehead atoms. The Kier molecular flexibility index (Phi) is 5.42.